The van der Waals surface area contributed by atoms with Crippen molar-refractivity contribution in [2.45, 2.75) is 20.4 Å². The number of aromatic nitrogens is 7. The number of carboxylic acid groups (broad SMARTS) is 1. The van der Waals surface area contributed by atoms with Crippen molar-refractivity contribution in [1.29, 1.82) is 0 Å². The molecule has 0 aliphatic heterocycles. The number of carbonyl (C=O) groups excluding carboxylic acids is 1. The molecule has 0 fully saturated rings. The van der Waals surface area contributed by atoms with Gasteiger partial charge in [-0.1, -0.05) is 0 Å². The Labute approximate surface area is 162 Å². The molecule has 148 valence electrons. The molecule has 12 heteroatoms. The highest BCUT2D eigenvalue weighted by Crippen LogP contribution is 2.28. The Balaban J connectivity index is 1.93. The van der Waals surface area contributed by atoms with Gasteiger partial charge in [0.05, 0.1) is 23.0 Å². The molecule has 4 aromatic rings. The van der Waals surface area contributed by atoms with Crippen molar-refractivity contribution in [3.05, 3.63) is 41.4 Å². The molecule has 0 spiro atoms. The summed E-state index contributed by atoms with van der Waals surface area (Å²) in [5.41, 5.74) is 6.48. The van der Waals surface area contributed by atoms with Crippen LogP contribution in [0.5, 0.6) is 0 Å². The summed E-state index contributed by atoms with van der Waals surface area (Å²) in [4.78, 5) is 29.9. The Morgan fingerprint density at radius 2 is 2.03 bits per heavy atom. The quantitative estimate of drug-likeness (QED) is 0.456. The molecule has 0 radical (unpaired) electrons. The van der Waals surface area contributed by atoms with Gasteiger partial charge >= 0.3 is 5.97 Å². The van der Waals surface area contributed by atoms with Gasteiger partial charge in [-0.25, -0.2) is 14.2 Å². The van der Waals surface area contributed by atoms with Crippen LogP contribution in [0, 0.1) is 12.7 Å². The largest absolute Gasteiger partial charge is 0.475 e. The highest BCUT2D eigenvalue weighted by molar-refractivity contribution is 5.96. The molecule has 4 rings (SSSR count). The number of carboxylic acids is 1. The van der Waals surface area contributed by atoms with Gasteiger partial charge in [-0.05, 0) is 19.9 Å². The number of pyridine rings is 1. The lowest BCUT2D eigenvalue weighted by atomic mass is 10.1. The van der Waals surface area contributed by atoms with E-state index in [0.717, 1.165) is 0 Å². The molecular weight excluding hydrogens is 383 g/mol. The smallest absolute Gasteiger partial charge is 0.372 e. The number of rotatable bonds is 5. The summed E-state index contributed by atoms with van der Waals surface area (Å²) in [7, 11) is 0. The molecule has 4 N–H and O–H groups in total. The topological polar surface area (TPSA) is 157 Å². The van der Waals surface area contributed by atoms with Gasteiger partial charge in [-0.2, -0.15) is 5.10 Å². The van der Waals surface area contributed by atoms with Gasteiger partial charge in [0.1, 0.15) is 5.69 Å². The molecule has 0 aliphatic rings. The maximum Gasteiger partial charge on any atom is 0.372 e. The number of nitrogens with two attached hydrogens (primary N) is 1. The number of amides is 1. The Morgan fingerprint density at radius 3 is 2.69 bits per heavy atom. The van der Waals surface area contributed by atoms with Crippen LogP contribution in [-0.4, -0.2) is 51.3 Å². The predicted octanol–water partition coefficient (Wildman–Crippen LogP) is 1.25. The highest BCUT2D eigenvalue weighted by Gasteiger charge is 2.22. The summed E-state index contributed by atoms with van der Waals surface area (Å²) in [5.74, 6) is -2.53. The number of primary amides is 1. The summed E-state index contributed by atoms with van der Waals surface area (Å²) in [6.45, 7) is 3.77. The van der Waals surface area contributed by atoms with Crippen molar-refractivity contribution in [2.24, 2.45) is 5.73 Å². The standard InChI is InChI=1S/C17H15FN8O3/c1-3-26-12(11(18)7(2)24-26)15-21-14(22-23-15)9-4-8(13(19)27)6-25-10(9)5-20-16(25)17(28)29/h4-6H,3H2,1-2H3,(H2,19,27)(H,28,29)(H,21,22,23). The zero-order chi connectivity index (χ0) is 20.9. The number of aromatic carboxylic acids is 1. The Kier molecular flexibility index (Phi) is 4.10. The first-order valence-corrected chi connectivity index (χ1v) is 8.52. The number of aryl methyl sites for hydroxylation is 2. The first-order valence-electron chi connectivity index (χ1n) is 8.52. The predicted molar refractivity (Wildman–Crippen MR) is 97.6 cm³/mol. The maximum atomic E-state index is 14.5. The van der Waals surface area contributed by atoms with Crippen molar-refractivity contribution in [2.75, 3.05) is 0 Å². The van der Waals surface area contributed by atoms with Crippen LogP contribution in [-0.2, 0) is 6.54 Å². The molecule has 0 atom stereocenters. The Morgan fingerprint density at radius 1 is 1.31 bits per heavy atom. The fraction of sp³-hybridized carbons (Fsp3) is 0.176. The van der Waals surface area contributed by atoms with E-state index in [9.17, 15) is 19.1 Å². The van der Waals surface area contributed by atoms with E-state index >= 15 is 0 Å². The van der Waals surface area contributed by atoms with Gasteiger partial charge in [-0.15, -0.1) is 10.2 Å². The van der Waals surface area contributed by atoms with Crippen molar-refractivity contribution in [1.82, 2.24) is 34.3 Å². The minimum atomic E-state index is -1.28. The summed E-state index contributed by atoms with van der Waals surface area (Å²) in [6.07, 6.45) is 2.61. The van der Waals surface area contributed by atoms with Crippen LogP contribution in [0.25, 0.3) is 28.4 Å². The van der Waals surface area contributed by atoms with Crippen LogP contribution >= 0.6 is 0 Å². The number of nitrogens with zero attached hydrogens (tertiary/aromatic N) is 6. The van der Waals surface area contributed by atoms with E-state index in [2.05, 4.69) is 25.3 Å². The van der Waals surface area contributed by atoms with E-state index in [1.165, 1.54) is 27.5 Å². The number of H-pyrrole nitrogens is 1. The molecule has 4 aromatic heterocycles. The molecule has 0 aromatic carbocycles. The van der Waals surface area contributed by atoms with E-state index in [4.69, 9.17) is 5.73 Å². The average Bonchev–Trinajstić information content (AvgIpc) is 3.38. The lowest BCUT2D eigenvalue weighted by Crippen LogP contribution is -2.13. The molecule has 0 bridgehead atoms. The summed E-state index contributed by atoms with van der Waals surface area (Å²) < 4.78 is 17.2. The number of carbonyl (C=O) groups is 2. The zero-order valence-electron chi connectivity index (χ0n) is 15.3. The second-order valence-electron chi connectivity index (χ2n) is 6.23. The third kappa shape index (κ3) is 2.81. The molecule has 0 unspecified atom stereocenters. The van der Waals surface area contributed by atoms with E-state index in [-0.39, 0.29) is 34.4 Å². The second kappa shape index (κ2) is 6.51. The SMILES string of the molecule is CCn1nc(C)c(F)c1-c1nnc(-c2cc(C(N)=O)cn3c(C(=O)O)ncc23)[nH]1. The minimum Gasteiger partial charge on any atom is -0.475 e. The second-order valence-corrected chi connectivity index (χ2v) is 6.23. The number of nitrogens with one attached hydrogen (secondary N) is 1. The van der Waals surface area contributed by atoms with Gasteiger partial charge in [0.25, 0.3) is 0 Å². The van der Waals surface area contributed by atoms with Crippen LogP contribution < -0.4 is 5.73 Å². The molecular formula is C17H15FN8O3. The molecule has 4 heterocycles. The number of aromatic amines is 1. The Hall–Kier alpha value is -4.09. The first kappa shape index (κ1) is 18.3. The summed E-state index contributed by atoms with van der Waals surface area (Å²) in [6, 6.07) is 1.44. The van der Waals surface area contributed by atoms with Crippen LogP contribution in [0.15, 0.2) is 18.5 Å². The highest BCUT2D eigenvalue weighted by atomic mass is 19.1. The van der Waals surface area contributed by atoms with Gasteiger partial charge in [0, 0.05) is 18.3 Å². The Bertz CT molecular complexity index is 1290. The average molecular weight is 398 g/mol. The molecule has 0 aliphatic carbocycles. The fourth-order valence-electron chi connectivity index (χ4n) is 3.08. The zero-order valence-corrected chi connectivity index (χ0v) is 15.3. The van der Waals surface area contributed by atoms with E-state index in [0.29, 0.717) is 17.6 Å². The number of hydrogen-bond donors (Lipinski definition) is 3. The monoisotopic (exact) mass is 398 g/mol. The van der Waals surface area contributed by atoms with E-state index in [1.54, 1.807) is 6.92 Å². The third-order valence-electron chi connectivity index (χ3n) is 4.44. The van der Waals surface area contributed by atoms with Crippen LogP contribution in [0.2, 0.25) is 0 Å². The van der Waals surface area contributed by atoms with Crippen LogP contribution in [0.4, 0.5) is 4.39 Å². The minimum absolute atomic E-state index is 0.0478. The molecule has 0 saturated heterocycles. The van der Waals surface area contributed by atoms with Gasteiger partial charge in [0.2, 0.25) is 11.7 Å². The lowest BCUT2D eigenvalue weighted by molar-refractivity contribution is 0.0682. The third-order valence-corrected chi connectivity index (χ3v) is 4.44. The number of halogens is 1. The van der Waals surface area contributed by atoms with E-state index in [1.807, 2.05) is 6.92 Å². The van der Waals surface area contributed by atoms with Crippen molar-refractivity contribution in [3.8, 4) is 22.9 Å². The summed E-state index contributed by atoms with van der Waals surface area (Å²) in [5, 5.41) is 21.5. The lowest BCUT2D eigenvalue weighted by Gasteiger charge is -2.05. The first-order chi connectivity index (χ1) is 13.8. The number of imidazole rings is 1. The van der Waals surface area contributed by atoms with Crippen LogP contribution in [0.1, 0.15) is 33.6 Å². The fourth-order valence-corrected chi connectivity index (χ4v) is 3.08. The number of hydrogen-bond acceptors (Lipinski definition) is 6. The van der Waals surface area contributed by atoms with Crippen molar-refractivity contribution < 1.29 is 19.1 Å². The molecule has 11 nitrogen and oxygen atoms in total. The van der Waals surface area contributed by atoms with Gasteiger partial charge in [0.15, 0.2) is 17.5 Å². The van der Waals surface area contributed by atoms with Crippen LogP contribution in [0.3, 0.4) is 0 Å². The van der Waals surface area contributed by atoms with Gasteiger partial charge in [-0.3, -0.25) is 13.9 Å². The van der Waals surface area contributed by atoms with Crippen molar-refractivity contribution >= 4 is 17.4 Å². The molecule has 29 heavy (non-hydrogen) atoms. The van der Waals surface area contributed by atoms with Gasteiger partial charge < -0.3 is 15.8 Å². The van der Waals surface area contributed by atoms with Crippen molar-refractivity contribution in [3.63, 3.8) is 0 Å². The number of fused-ring (bicyclic) bond motifs is 1. The maximum absolute atomic E-state index is 14.5. The molecule has 0 saturated carbocycles. The summed E-state index contributed by atoms with van der Waals surface area (Å²) >= 11 is 0. The van der Waals surface area contributed by atoms with E-state index < -0.39 is 17.7 Å². The normalized spacial score (nSPS) is 11.3. The molecule has 1 amide bonds.